The lowest BCUT2D eigenvalue weighted by molar-refractivity contribution is -0.149. The van der Waals surface area contributed by atoms with Gasteiger partial charge in [-0.2, -0.15) is 0 Å². The van der Waals surface area contributed by atoms with Crippen molar-refractivity contribution in [2.45, 2.75) is 149 Å². The topological polar surface area (TPSA) is 334 Å². The molecule has 1 aromatic carbocycles. The molecule has 0 radical (unpaired) electrons. The van der Waals surface area contributed by atoms with Crippen molar-refractivity contribution in [1.82, 2.24) is 39.7 Å². The second kappa shape index (κ2) is 31.8. The van der Waals surface area contributed by atoms with Crippen LogP contribution in [-0.2, 0) is 63.7 Å². The first-order valence-electron chi connectivity index (χ1n) is 29.4. The second-order valence-corrected chi connectivity index (χ2v) is 25.5. The predicted molar refractivity (Wildman–Crippen MR) is 316 cm³/mol. The SMILES string of the molecule is CC[C@H](C)C(CC(=O)C1CN1C)C(=O)N(C)[C@H](C[C@@H](OC(C)=O)c1nc(C(=O)N(C)[C@@H](Cc2ccc(OP(=O)(O)O)cc2)C(=O)C[C@@H](CCCCC(N)=O)C(=O)N[C@H](C(=O)N2CCN(C(=O)CCCN3C(=O)C=CC3=O)CC2)C(C)C)cs1)C(C)C. The number of likely N-dealkylation sites (N-methyl/N-ethyl adjacent to an activating group) is 2. The first-order valence-corrected chi connectivity index (χ1v) is 31.8. The van der Waals surface area contributed by atoms with Crippen molar-refractivity contribution in [2.24, 2.45) is 35.3 Å². The van der Waals surface area contributed by atoms with E-state index >= 15 is 0 Å². The summed E-state index contributed by atoms with van der Waals surface area (Å²) in [5.41, 5.74) is 5.75. The van der Waals surface area contributed by atoms with Crippen molar-refractivity contribution in [2.75, 3.05) is 60.4 Å². The first kappa shape index (κ1) is 70.0. The minimum absolute atomic E-state index is 0.00101. The number of carbonyl (C=O) groups excluding carboxylic acids is 11. The summed E-state index contributed by atoms with van der Waals surface area (Å²) in [6.07, 6.45) is 2.51. The molecule has 5 N–H and O–H groups in total. The molecule has 25 nitrogen and oxygen atoms in total. The standard InChI is InChI=1S/C59H86N9O16PS/c1-11-37(6)42(31-48(71)46-33-63(46)8)57(77)64(9)44(35(2)3)32-49(83-38(7)69)56-61-43(34-86-56)58(78)65(10)45(29-39-18-20-41(21-19-39)84-85(80,81)82)47(70)30-40(15-12-13-16-50(60)72)55(76)62-54(36(4)5)59(79)67-27-25-66(26-28-67)51(73)17-14-24-68-52(74)22-23-53(68)75/h18-23,34-37,40,42,44-46,49,54H,11-17,24-33H2,1-10H3,(H2,60,72)(H,62,76)(H2,80,81,82)/t37-,40+,42?,44+,45-,46?,49+,54-,63?/m0/s1. The number of ketones is 2. The minimum atomic E-state index is -4.94. The molecule has 5 rings (SSSR count). The zero-order chi connectivity index (χ0) is 63.9. The van der Waals surface area contributed by atoms with Gasteiger partial charge in [-0.25, -0.2) is 9.55 Å². The molecule has 1 aromatic heterocycles. The number of rotatable bonds is 34. The van der Waals surface area contributed by atoms with Gasteiger partial charge in [0.2, 0.25) is 29.5 Å². The number of phosphoric acid groups is 1. The zero-order valence-electron chi connectivity index (χ0n) is 51.0. The van der Waals surface area contributed by atoms with E-state index in [2.05, 4.69) is 10.3 Å². The fourth-order valence-electron chi connectivity index (χ4n) is 10.8. The summed E-state index contributed by atoms with van der Waals surface area (Å²) in [6, 6.07) is 2.37. The summed E-state index contributed by atoms with van der Waals surface area (Å²) in [6.45, 7) is 13.9. The van der Waals surface area contributed by atoms with Gasteiger partial charge in [-0.05, 0) is 68.2 Å². The lowest BCUT2D eigenvalue weighted by Crippen LogP contribution is -2.57. The van der Waals surface area contributed by atoms with E-state index < -0.39 is 103 Å². The number of amides is 8. The lowest BCUT2D eigenvalue weighted by atomic mass is 9.84. The van der Waals surface area contributed by atoms with Crippen LogP contribution in [0.3, 0.4) is 0 Å². The van der Waals surface area contributed by atoms with Gasteiger partial charge in [0.15, 0.2) is 17.7 Å². The van der Waals surface area contributed by atoms with E-state index in [1.54, 1.807) is 35.6 Å². The van der Waals surface area contributed by atoms with Crippen LogP contribution >= 0.6 is 19.2 Å². The van der Waals surface area contributed by atoms with Crippen molar-refractivity contribution < 1.29 is 76.4 Å². The van der Waals surface area contributed by atoms with Gasteiger partial charge in [0.25, 0.3) is 17.7 Å². The largest absolute Gasteiger partial charge is 0.524 e. The number of aromatic nitrogens is 1. The molecular weight excluding hydrogens is 1150 g/mol. The highest BCUT2D eigenvalue weighted by atomic mass is 32.1. The van der Waals surface area contributed by atoms with E-state index in [1.165, 1.54) is 60.7 Å². The highest BCUT2D eigenvalue weighted by Crippen LogP contribution is 2.38. The van der Waals surface area contributed by atoms with E-state index in [0.717, 1.165) is 16.2 Å². The van der Waals surface area contributed by atoms with Gasteiger partial charge in [0.05, 0.1) is 12.1 Å². The number of thiazole rings is 1. The van der Waals surface area contributed by atoms with E-state index in [9.17, 15) is 67.1 Å². The maximum absolute atomic E-state index is 15.0. The number of nitrogens with zero attached hydrogens (tertiary/aromatic N) is 7. The number of hydrogen-bond donors (Lipinski definition) is 4. The van der Waals surface area contributed by atoms with Crippen molar-refractivity contribution >= 4 is 84.0 Å². The van der Waals surface area contributed by atoms with E-state index in [1.807, 2.05) is 39.6 Å². The lowest BCUT2D eigenvalue weighted by Gasteiger charge is -2.37. The van der Waals surface area contributed by atoms with Crippen LogP contribution < -0.4 is 15.6 Å². The van der Waals surface area contributed by atoms with Gasteiger partial charge in [-0.15, -0.1) is 11.3 Å². The van der Waals surface area contributed by atoms with Crippen LogP contribution in [0.4, 0.5) is 0 Å². The van der Waals surface area contributed by atoms with Gasteiger partial charge in [-0.3, -0.25) is 72.3 Å². The number of piperazine rings is 1. The Kier molecular flexibility index (Phi) is 25.9. The van der Waals surface area contributed by atoms with Crippen molar-refractivity contribution in [3.63, 3.8) is 0 Å². The van der Waals surface area contributed by atoms with E-state index in [0.29, 0.717) is 18.5 Å². The smallest absolute Gasteiger partial charge is 0.455 e. The fourth-order valence-corrected chi connectivity index (χ4v) is 12.0. The molecule has 4 heterocycles. The molecule has 0 saturated carbocycles. The van der Waals surface area contributed by atoms with E-state index in [-0.39, 0.29) is 142 Å². The molecule has 0 aliphatic carbocycles. The molecule has 8 amide bonds. The Balaban J connectivity index is 1.37. The third kappa shape index (κ3) is 20.2. The quantitative estimate of drug-likeness (QED) is 0.0254. The number of Topliss-reactive ketones (excluding diaryl/α,β-unsaturated/α-hetero) is 2. The van der Waals surface area contributed by atoms with Gasteiger partial charge in [-0.1, -0.05) is 66.5 Å². The molecular formula is C59H86N9O16PS. The van der Waals surface area contributed by atoms with Crippen LogP contribution in [0, 0.1) is 29.6 Å². The Labute approximate surface area is 506 Å². The Morgan fingerprint density at radius 3 is 2.02 bits per heavy atom. The summed E-state index contributed by atoms with van der Waals surface area (Å²) < 4.78 is 22.2. The van der Waals surface area contributed by atoms with Crippen LogP contribution in [-0.4, -0.2) is 194 Å². The summed E-state index contributed by atoms with van der Waals surface area (Å²) in [5.74, 6) is -7.43. The molecule has 474 valence electrons. The number of unbranched alkanes of at least 4 members (excludes halogenated alkanes) is 1. The number of esters is 1. The normalized spacial score (nSPS) is 18.4. The average Bonchev–Trinajstić information content (AvgIpc) is 3.08. The summed E-state index contributed by atoms with van der Waals surface area (Å²) in [4.78, 5) is 180. The maximum Gasteiger partial charge on any atom is 0.524 e. The van der Waals surface area contributed by atoms with Gasteiger partial charge in [0.1, 0.15) is 22.5 Å². The molecule has 3 unspecified atom stereocenters. The Morgan fingerprint density at radius 2 is 1.48 bits per heavy atom. The number of nitrogens with two attached hydrogens (primary N) is 1. The van der Waals surface area contributed by atoms with Crippen molar-refractivity contribution in [3.8, 4) is 5.75 Å². The van der Waals surface area contributed by atoms with Crippen molar-refractivity contribution in [1.29, 1.82) is 0 Å². The number of ether oxygens (including phenoxy) is 1. The van der Waals surface area contributed by atoms with Crippen LogP contribution in [0.15, 0.2) is 41.8 Å². The highest BCUT2D eigenvalue weighted by molar-refractivity contribution is 7.46. The van der Waals surface area contributed by atoms with Gasteiger partial charge < -0.3 is 39.9 Å². The number of phosphoric ester groups is 1. The molecule has 3 aliphatic heterocycles. The number of nitrogens with one attached hydrogen (secondary N) is 1. The number of hydrogen-bond acceptors (Lipinski definition) is 17. The summed E-state index contributed by atoms with van der Waals surface area (Å²) >= 11 is 1.03. The summed E-state index contributed by atoms with van der Waals surface area (Å²) in [7, 11) is -0.0321. The fraction of sp³-hybridized carbons (Fsp3) is 0.627. The molecule has 0 spiro atoms. The van der Waals surface area contributed by atoms with Crippen LogP contribution in [0.1, 0.15) is 140 Å². The zero-order valence-corrected chi connectivity index (χ0v) is 52.7. The van der Waals surface area contributed by atoms with Gasteiger partial charge in [0, 0.05) is 128 Å². The molecule has 86 heavy (non-hydrogen) atoms. The Hall–Kier alpha value is -6.73. The average molecular weight is 1240 g/mol. The molecule has 27 heteroatoms. The molecule has 2 fully saturated rings. The predicted octanol–water partition coefficient (Wildman–Crippen LogP) is 3.85. The molecule has 0 bridgehead atoms. The molecule has 2 aromatic rings. The molecule has 3 aliphatic rings. The number of carbonyl (C=O) groups is 11. The maximum atomic E-state index is 15.0. The first-order chi connectivity index (χ1) is 40.4. The Bertz CT molecular complexity index is 2850. The third-order valence-electron chi connectivity index (χ3n) is 16.3. The second-order valence-electron chi connectivity index (χ2n) is 23.4. The number of benzene rings is 1. The number of primary amides is 1. The number of imide groups is 1. The minimum Gasteiger partial charge on any atom is -0.455 e. The van der Waals surface area contributed by atoms with Crippen LogP contribution in [0.5, 0.6) is 5.75 Å². The van der Waals surface area contributed by atoms with Crippen LogP contribution in [0.25, 0.3) is 0 Å². The molecule has 2 saturated heterocycles. The van der Waals surface area contributed by atoms with E-state index in [4.69, 9.17) is 15.0 Å². The highest BCUT2D eigenvalue weighted by Gasteiger charge is 2.42. The van der Waals surface area contributed by atoms with Crippen molar-refractivity contribution in [3.05, 3.63) is 58.1 Å². The third-order valence-corrected chi connectivity index (χ3v) is 17.7. The molecule has 9 atom stereocenters. The monoisotopic (exact) mass is 1240 g/mol. The van der Waals surface area contributed by atoms with Crippen LogP contribution in [0.2, 0.25) is 0 Å². The Morgan fingerprint density at radius 1 is 0.860 bits per heavy atom. The summed E-state index contributed by atoms with van der Waals surface area (Å²) in [5, 5.41) is 4.57. The van der Waals surface area contributed by atoms with Gasteiger partial charge >= 0.3 is 13.8 Å².